The predicted octanol–water partition coefficient (Wildman–Crippen LogP) is 2.13. The maximum absolute atomic E-state index is 13.7. The molecule has 0 spiro atoms. The van der Waals surface area contributed by atoms with Crippen LogP contribution in [0.3, 0.4) is 0 Å². The molecule has 0 saturated heterocycles. The Morgan fingerprint density at radius 1 is 1.26 bits per heavy atom. The largest absolute Gasteiger partial charge is 0.467 e. The van der Waals surface area contributed by atoms with Crippen LogP contribution in [-0.2, 0) is 31.2 Å². The minimum absolute atomic E-state index is 0.159. The van der Waals surface area contributed by atoms with Gasteiger partial charge in [0.25, 0.3) is 0 Å². The van der Waals surface area contributed by atoms with Crippen molar-refractivity contribution in [2.75, 3.05) is 19.9 Å². The minimum Gasteiger partial charge on any atom is -0.467 e. The summed E-state index contributed by atoms with van der Waals surface area (Å²) in [6.45, 7) is 5.39. The molecule has 0 fully saturated rings. The molecular weight excluding hydrogens is 351 g/mol. The van der Waals surface area contributed by atoms with Gasteiger partial charge >= 0.3 is 6.03 Å². The van der Waals surface area contributed by atoms with Crippen LogP contribution in [0, 0.1) is 19.7 Å². The van der Waals surface area contributed by atoms with Gasteiger partial charge in [0.15, 0.2) is 6.79 Å². The van der Waals surface area contributed by atoms with Gasteiger partial charge in [-0.2, -0.15) is 5.10 Å². The number of hydrogen-bond acceptors (Lipinski definition) is 4. The Morgan fingerprint density at radius 3 is 2.70 bits per heavy atom. The van der Waals surface area contributed by atoms with E-state index in [1.54, 1.807) is 0 Å². The van der Waals surface area contributed by atoms with Crippen LogP contribution in [0.4, 0.5) is 9.18 Å². The number of halogens is 1. The highest BCUT2D eigenvalue weighted by molar-refractivity contribution is 5.73. The Balaban J connectivity index is 1.46. The lowest BCUT2D eigenvalue weighted by Gasteiger charge is -2.21. The quantitative estimate of drug-likeness (QED) is 0.810. The second-order valence-corrected chi connectivity index (χ2v) is 6.62. The van der Waals surface area contributed by atoms with E-state index >= 15 is 0 Å². The van der Waals surface area contributed by atoms with Crippen molar-refractivity contribution in [1.29, 1.82) is 0 Å². The van der Waals surface area contributed by atoms with E-state index in [1.165, 1.54) is 12.1 Å². The highest BCUT2D eigenvalue weighted by atomic mass is 19.1. The number of benzene rings is 1. The number of carbonyl (C=O) groups excluding carboxylic acids is 1. The van der Waals surface area contributed by atoms with Crippen LogP contribution in [0.25, 0.3) is 0 Å². The highest BCUT2D eigenvalue weighted by Gasteiger charge is 2.17. The second kappa shape index (κ2) is 8.39. The summed E-state index contributed by atoms with van der Waals surface area (Å²) < 4.78 is 26.2. The smallest absolute Gasteiger partial charge is 0.314 e. The molecule has 2 heterocycles. The number of urea groups is 1. The van der Waals surface area contributed by atoms with Crippen molar-refractivity contribution < 1.29 is 18.7 Å². The lowest BCUT2D eigenvalue weighted by atomic mass is 10.1. The summed E-state index contributed by atoms with van der Waals surface area (Å²) in [4.78, 5) is 12.0. The summed E-state index contributed by atoms with van der Waals surface area (Å²) in [7, 11) is 1.91. The monoisotopic (exact) mass is 376 g/mol. The van der Waals surface area contributed by atoms with Crippen molar-refractivity contribution in [2.45, 2.75) is 33.3 Å². The minimum atomic E-state index is -0.329. The van der Waals surface area contributed by atoms with Crippen molar-refractivity contribution in [3.63, 3.8) is 0 Å². The molecule has 0 bridgehead atoms. The summed E-state index contributed by atoms with van der Waals surface area (Å²) >= 11 is 0. The molecule has 146 valence electrons. The molecule has 3 rings (SSSR count). The third-order valence-electron chi connectivity index (χ3n) is 4.75. The molecule has 1 aliphatic heterocycles. The lowest BCUT2D eigenvalue weighted by Crippen LogP contribution is -2.37. The van der Waals surface area contributed by atoms with Gasteiger partial charge in [-0.1, -0.05) is 0 Å². The van der Waals surface area contributed by atoms with E-state index in [2.05, 4.69) is 15.7 Å². The molecule has 0 aliphatic carbocycles. The van der Waals surface area contributed by atoms with Gasteiger partial charge in [0.2, 0.25) is 0 Å². The van der Waals surface area contributed by atoms with Crippen LogP contribution >= 0.6 is 0 Å². The Kier molecular flexibility index (Phi) is 5.95. The Hall–Kier alpha value is -2.61. The molecule has 8 heteroatoms. The van der Waals surface area contributed by atoms with Gasteiger partial charge in [-0.3, -0.25) is 4.68 Å². The van der Waals surface area contributed by atoms with Gasteiger partial charge in [0, 0.05) is 31.4 Å². The summed E-state index contributed by atoms with van der Waals surface area (Å²) in [5, 5.41) is 10.0. The Bertz CT molecular complexity index is 835. The molecule has 1 aromatic heterocycles. The van der Waals surface area contributed by atoms with Crippen LogP contribution in [-0.4, -0.2) is 35.7 Å². The first-order valence-corrected chi connectivity index (χ1v) is 8.98. The number of fused-ring (bicyclic) bond motifs is 1. The van der Waals surface area contributed by atoms with Gasteiger partial charge in [-0.15, -0.1) is 0 Å². The molecule has 7 nitrogen and oxygen atoms in total. The molecule has 2 amide bonds. The number of amides is 2. The average molecular weight is 376 g/mol. The number of nitrogens with one attached hydrogen (secondary N) is 2. The zero-order valence-electron chi connectivity index (χ0n) is 15.9. The maximum atomic E-state index is 13.7. The first-order valence-electron chi connectivity index (χ1n) is 8.98. The third kappa shape index (κ3) is 4.57. The van der Waals surface area contributed by atoms with Gasteiger partial charge in [0.1, 0.15) is 11.6 Å². The molecular formula is C19H25FN4O3. The normalized spacial score (nSPS) is 13.0. The highest BCUT2D eigenvalue weighted by Crippen LogP contribution is 2.29. The first-order chi connectivity index (χ1) is 13.0. The maximum Gasteiger partial charge on any atom is 0.314 e. The van der Waals surface area contributed by atoms with Crippen molar-refractivity contribution >= 4 is 6.03 Å². The fourth-order valence-corrected chi connectivity index (χ4v) is 3.30. The molecule has 0 saturated carbocycles. The summed E-state index contributed by atoms with van der Waals surface area (Å²) in [6.07, 6.45) is 1.21. The number of carbonyl (C=O) groups is 1. The van der Waals surface area contributed by atoms with E-state index in [0.717, 1.165) is 28.9 Å². The van der Waals surface area contributed by atoms with Crippen molar-refractivity contribution in [3.05, 3.63) is 46.0 Å². The van der Waals surface area contributed by atoms with Gasteiger partial charge in [0.05, 0.1) is 12.3 Å². The SMILES string of the molecule is Cc1nn(C)c(C)c1CCNC(=O)NCCc1cc(F)cc2c1OCOC2. The molecule has 1 aromatic carbocycles. The summed E-state index contributed by atoms with van der Waals surface area (Å²) in [5.74, 6) is 0.330. The van der Waals surface area contributed by atoms with Gasteiger partial charge in [-0.05, 0) is 49.9 Å². The molecule has 2 N–H and O–H groups in total. The van der Waals surface area contributed by atoms with Gasteiger partial charge < -0.3 is 20.1 Å². The van der Waals surface area contributed by atoms with Crippen molar-refractivity contribution in [1.82, 2.24) is 20.4 Å². The van der Waals surface area contributed by atoms with Crippen LogP contribution in [0.15, 0.2) is 12.1 Å². The van der Waals surface area contributed by atoms with Crippen molar-refractivity contribution in [3.8, 4) is 5.75 Å². The third-order valence-corrected chi connectivity index (χ3v) is 4.75. The molecule has 1 aliphatic rings. The van der Waals surface area contributed by atoms with Crippen LogP contribution < -0.4 is 15.4 Å². The first kappa shape index (κ1) is 19.2. The van der Waals surface area contributed by atoms with Crippen LogP contribution in [0.2, 0.25) is 0 Å². The van der Waals surface area contributed by atoms with Gasteiger partial charge in [-0.25, -0.2) is 9.18 Å². The number of hydrogen-bond donors (Lipinski definition) is 2. The topological polar surface area (TPSA) is 77.4 Å². The predicted molar refractivity (Wildman–Crippen MR) is 98.2 cm³/mol. The molecule has 0 atom stereocenters. The number of aryl methyl sites for hydroxylation is 2. The lowest BCUT2D eigenvalue weighted by molar-refractivity contribution is -0.0172. The second-order valence-electron chi connectivity index (χ2n) is 6.62. The molecule has 0 radical (unpaired) electrons. The van der Waals surface area contributed by atoms with Crippen LogP contribution in [0.5, 0.6) is 5.75 Å². The van der Waals surface area contributed by atoms with E-state index in [9.17, 15) is 9.18 Å². The number of rotatable bonds is 6. The Morgan fingerprint density at radius 2 is 2.00 bits per heavy atom. The zero-order valence-corrected chi connectivity index (χ0v) is 15.9. The van der Waals surface area contributed by atoms with E-state index < -0.39 is 0 Å². The van der Waals surface area contributed by atoms with E-state index in [0.29, 0.717) is 37.4 Å². The van der Waals surface area contributed by atoms with Crippen molar-refractivity contribution in [2.24, 2.45) is 7.05 Å². The molecule has 2 aromatic rings. The number of ether oxygens (including phenoxy) is 2. The fourth-order valence-electron chi connectivity index (χ4n) is 3.30. The summed E-state index contributed by atoms with van der Waals surface area (Å²) in [6, 6.07) is 2.61. The van der Waals surface area contributed by atoms with E-state index in [4.69, 9.17) is 9.47 Å². The number of nitrogens with zero attached hydrogens (tertiary/aromatic N) is 2. The molecule has 0 unspecified atom stereocenters. The standard InChI is InChI=1S/C19H25FN4O3/c1-12-17(13(2)24(3)23-12)5-7-22-19(25)21-6-4-14-8-16(20)9-15-10-26-11-27-18(14)15/h8-9H,4-7,10-11H2,1-3H3,(H2,21,22,25). The fraction of sp³-hybridized carbons (Fsp3) is 0.474. The van der Waals surface area contributed by atoms with Crippen LogP contribution in [0.1, 0.15) is 28.1 Å². The molecule has 27 heavy (non-hydrogen) atoms. The van der Waals surface area contributed by atoms with E-state index in [-0.39, 0.29) is 18.6 Å². The Labute approximate surface area is 157 Å². The average Bonchev–Trinajstić information content (AvgIpc) is 2.87. The zero-order chi connectivity index (χ0) is 19.4. The van der Waals surface area contributed by atoms with E-state index in [1.807, 2.05) is 25.6 Å². The summed E-state index contributed by atoms with van der Waals surface area (Å²) in [5.41, 5.74) is 4.67. The number of aromatic nitrogens is 2.